The molecule has 0 saturated carbocycles. The summed E-state index contributed by atoms with van der Waals surface area (Å²) in [5, 5.41) is 3.16. The highest BCUT2D eigenvalue weighted by atomic mass is 16.1. The summed E-state index contributed by atoms with van der Waals surface area (Å²) in [4.78, 5) is 11.6. The third kappa shape index (κ3) is 4.41. The van der Waals surface area contributed by atoms with Gasteiger partial charge < -0.3 is 5.32 Å². The highest BCUT2D eigenvalue weighted by Crippen LogP contribution is 2.03. The summed E-state index contributed by atoms with van der Waals surface area (Å²) in [6.07, 6.45) is 2.55. The van der Waals surface area contributed by atoms with Gasteiger partial charge in [0, 0.05) is 12.5 Å². The molecular formula is C14H19NO. The zero-order valence-electron chi connectivity index (χ0n) is 9.78. The second-order valence-electron chi connectivity index (χ2n) is 3.98. The lowest BCUT2D eigenvalue weighted by Gasteiger charge is -2.08. The van der Waals surface area contributed by atoms with E-state index in [1.54, 1.807) is 6.08 Å². The fourth-order valence-corrected chi connectivity index (χ4v) is 1.48. The average Bonchev–Trinajstić information content (AvgIpc) is 2.30. The Morgan fingerprint density at radius 1 is 1.44 bits per heavy atom. The zero-order chi connectivity index (χ0) is 11.8. The van der Waals surface area contributed by atoms with E-state index < -0.39 is 0 Å². The first kappa shape index (κ1) is 12.7. The van der Waals surface area contributed by atoms with E-state index >= 15 is 0 Å². The Kier molecular flexibility index (Phi) is 5.51. The number of allylic oxidation sites excluding steroid dienone is 1. The van der Waals surface area contributed by atoms with Crippen LogP contribution in [0.4, 0.5) is 0 Å². The van der Waals surface area contributed by atoms with Crippen molar-refractivity contribution in [3.8, 4) is 0 Å². The molecule has 2 nitrogen and oxygen atoms in total. The minimum atomic E-state index is 0.0702. The standard InChI is InChI=1S/C14H19NO/c1-3-7-12(2)14(16)11-15-10-13-8-5-4-6-9-13/h3-6,8-9,12,15H,1,7,10-11H2,2H3. The predicted octanol–water partition coefficient (Wildman–Crippen LogP) is 2.56. The van der Waals surface area contributed by atoms with Crippen LogP contribution >= 0.6 is 0 Å². The molecule has 1 N–H and O–H groups in total. The largest absolute Gasteiger partial charge is 0.306 e. The topological polar surface area (TPSA) is 29.1 Å². The maximum Gasteiger partial charge on any atom is 0.149 e. The zero-order valence-corrected chi connectivity index (χ0v) is 9.78. The Balaban J connectivity index is 2.25. The number of carbonyl (C=O) groups excluding carboxylic acids is 1. The molecule has 16 heavy (non-hydrogen) atoms. The van der Waals surface area contributed by atoms with Crippen molar-refractivity contribution in [3.63, 3.8) is 0 Å². The van der Waals surface area contributed by atoms with Crippen LogP contribution in [-0.4, -0.2) is 12.3 Å². The molecule has 1 aromatic rings. The molecule has 0 aliphatic carbocycles. The summed E-state index contributed by atoms with van der Waals surface area (Å²) < 4.78 is 0. The molecule has 0 bridgehead atoms. The normalized spacial score (nSPS) is 12.1. The van der Waals surface area contributed by atoms with Crippen LogP contribution in [0, 0.1) is 5.92 Å². The van der Waals surface area contributed by atoms with E-state index in [2.05, 4.69) is 11.9 Å². The van der Waals surface area contributed by atoms with Crippen molar-refractivity contribution in [1.82, 2.24) is 5.32 Å². The van der Waals surface area contributed by atoms with Gasteiger partial charge in [-0.05, 0) is 12.0 Å². The van der Waals surface area contributed by atoms with Crippen molar-refractivity contribution in [2.75, 3.05) is 6.54 Å². The number of rotatable bonds is 7. The van der Waals surface area contributed by atoms with Crippen LogP contribution in [-0.2, 0) is 11.3 Å². The van der Waals surface area contributed by atoms with E-state index in [9.17, 15) is 4.79 Å². The molecule has 0 radical (unpaired) electrons. The fraction of sp³-hybridized carbons (Fsp3) is 0.357. The van der Waals surface area contributed by atoms with Gasteiger partial charge in [-0.1, -0.05) is 43.3 Å². The van der Waals surface area contributed by atoms with E-state index in [1.165, 1.54) is 5.56 Å². The Morgan fingerprint density at radius 3 is 2.75 bits per heavy atom. The van der Waals surface area contributed by atoms with Gasteiger partial charge in [0.25, 0.3) is 0 Å². The van der Waals surface area contributed by atoms with Gasteiger partial charge in [-0.3, -0.25) is 4.79 Å². The van der Waals surface area contributed by atoms with Crippen LogP contribution in [0.3, 0.4) is 0 Å². The molecule has 0 aliphatic rings. The summed E-state index contributed by atoms with van der Waals surface area (Å²) in [6.45, 7) is 6.75. The van der Waals surface area contributed by atoms with Crippen LogP contribution in [0.1, 0.15) is 18.9 Å². The Hall–Kier alpha value is -1.41. The van der Waals surface area contributed by atoms with Gasteiger partial charge in [-0.15, -0.1) is 6.58 Å². The minimum Gasteiger partial charge on any atom is -0.306 e. The van der Waals surface area contributed by atoms with E-state index in [0.29, 0.717) is 6.54 Å². The molecule has 0 amide bonds. The molecule has 1 atom stereocenters. The molecule has 1 aromatic carbocycles. The summed E-state index contributed by atoms with van der Waals surface area (Å²) in [7, 11) is 0. The molecular weight excluding hydrogens is 198 g/mol. The van der Waals surface area contributed by atoms with Gasteiger partial charge in [-0.2, -0.15) is 0 Å². The molecule has 1 rings (SSSR count). The van der Waals surface area contributed by atoms with Crippen LogP contribution in [0.15, 0.2) is 43.0 Å². The summed E-state index contributed by atoms with van der Waals surface area (Å²) >= 11 is 0. The number of nitrogens with one attached hydrogen (secondary N) is 1. The van der Waals surface area contributed by atoms with Crippen LogP contribution in [0.2, 0.25) is 0 Å². The summed E-state index contributed by atoms with van der Waals surface area (Å²) in [5.41, 5.74) is 1.20. The lowest BCUT2D eigenvalue weighted by atomic mass is 10.0. The molecule has 1 unspecified atom stereocenters. The van der Waals surface area contributed by atoms with Gasteiger partial charge in [0.05, 0.1) is 6.54 Å². The third-order valence-electron chi connectivity index (χ3n) is 2.54. The quantitative estimate of drug-likeness (QED) is 0.711. The first-order valence-electron chi connectivity index (χ1n) is 5.62. The van der Waals surface area contributed by atoms with Gasteiger partial charge in [-0.25, -0.2) is 0 Å². The maximum absolute atomic E-state index is 11.6. The molecule has 2 heteroatoms. The highest BCUT2D eigenvalue weighted by Gasteiger charge is 2.09. The molecule has 0 aromatic heterocycles. The van der Waals surface area contributed by atoms with Crippen molar-refractivity contribution in [2.24, 2.45) is 5.92 Å². The molecule has 0 fully saturated rings. The van der Waals surface area contributed by atoms with Crippen LogP contribution in [0.25, 0.3) is 0 Å². The average molecular weight is 217 g/mol. The number of Topliss-reactive ketones (excluding diaryl/α,β-unsaturated/α-hetero) is 1. The van der Waals surface area contributed by atoms with Crippen LogP contribution < -0.4 is 5.32 Å². The van der Waals surface area contributed by atoms with Crippen molar-refractivity contribution < 1.29 is 4.79 Å². The first-order chi connectivity index (χ1) is 7.74. The third-order valence-corrected chi connectivity index (χ3v) is 2.54. The Bertz CT molecular complexity index is 332. The molecule has 0 heterocycles. The minimum absolute atomic E-state index is 0.0702. The Labute approximate surface area is 97.4 Å². The lowest BCUT2D eigenvalue weighted by Crippen LogP contribution is -2.26. The van der Waals surface area contributed by atoms with E-state index in [1.807, 2.05) is 37.3 Å². The second kappa shape index (κ2) is 6.96. The van der Waals surface area contributed by atoms with Gasteiger partial charge in [0.1, 0.15) is 5.78 Å². The number of hydrogen-bond donors (Lipinski definition) is 1. The maximum atomic E-state index is 11.6. The number of hydrogen-bond acceptors (Lipinski definition) is 2. The fourth-order valence-electron chi connectivity index (χ4n) is 1.48. The SMILES string of the molecule is C=CCC(C)C(=O)CNCc1ccccc1. The van der Waals surface area contributed by atoms with Gasteiger partial charge in [0.2, 0.25) is 0 Å². The van der Waals surface area contributed by atoms with Gasteiger partial charge >= 0.3 is 0 Å². The van der Waals surface area contributed by atoms with E-state index in [-0.39, 0.29) is 11.7 Å². The second-order valence-corrected chi connectivity index (χ2v) is 3.98. The predicted molar refractivity (Wildman–Crippen MR) is 67.1 cm³/mol. The summed E-state index contributed by atoms with van der Waals surface area (Å²) in [5.74, 6) is 0.316. The highest BCUT2D eigenvalue weighted by molar-refractivity contribution is 5.82. The number of benzene rings is 1. The number of carbonyl (C=O) groups is 1. The molecule has 0 spiro atoms. The molecule has 0 aliphatic heterocycles. The van der Waals surface area contributed by atoms with Crippen molar-refractivity contribution in [1.29, 1.82) is 0 Å². The summed E-state index contributed by atoms with van der Waals surface area (Å²) in [6, 6.07) is 10.1. The van der Waals surface area contributed by atoms with Gasteiger partial charge in [0.15, 0.2) is 0 Å². The first-order valence-corrected chi connectivity index (χ1v) is 5.62. The Morgan fingerprint density at radius 2 is 2.12 bits per heavy atom. The van der Waals surface area contributed by atoms with Crippen LogP contribution in [0.5, 0.6) is 0 Å². The van der Waals surface area contributed by atoms with E-state index in [4.69, 9.17) is 0 Å². The smallest absolute Gasteiger partial charge is 0.149 e. The molecule has 86 valence electrons. The number of ketones is 1. The van der Waals surface area contributed by atoms with Crippen molar-refractivity contribution in [3.05, 3.63) is 48.6 Å². The van der Waals surface area contributed by atoms with E-state index in [0.717, 1.165) is 13.0 Å². The van der Waals surface area contributed by atoms with Crippen molar-refractivity contribution in [2.45, 2.75) is 19.9 Å². The monoisotopic (exact) mass is 217 g/mol. The molecule has 0 saturated heterocycles. The van der Waals surface area contributed by atoms with Crippen molar-refractivity contribution >= 4 is 5.78 Å². The lowest BCUT2D eigenvalue weighted by molar-refractivity contribution is -0.121.